The lowest BCUT2D eigenvalue weighted by atomic mass is 9.89. The van der Waals surface area contributed by atoms with Crippen molar-refractivity contribution in [1.82, 2.24) is 10.2 Å². The third-order valence-corrected chi connectivity index (χ3v) is 4.19. The Morgan fingerprint density at radius 3 is 2.33 bits per heavy atom. The van der Waals surface area contributed by atoms with E-state index in [0.717, 1.165) is 7.11 Å². The third kappa shape index (κ3) is 3.28. The van der Waals surface area contributed by atoms with E-state index in [0.29, 0.717) is 0 Å². The summed E-state index contributed by atoms with van der Waals surface area (Å²) in [5, 5.41) is 3.27. The Morgan fingerprint density at radius 1 is 1.29 bits per heavy atom. The molecule has 0 saturated carbocycles. The Hall–Kier alpha value is -1.60. The van der Waals surface area contributed by atoms with Crippen LogP contribution in [0.4, 0.5) is 13.2 Å². The number of halogens is 3. The molecule has 2 atom stereocenters. The maximum Gasteiger partial charge on any atom is 0.430 e. The van der Waals surface area contributed by atoms with Gasteiger partial charge < -0.3 is 15.0 Å². The number of ether oxygens (including phenoxy) is 1. The van der Waals surface area contributed by atoms with Crippen molar-refractivity contribution in [3.8, 4) is 0 Å². The maximum absolute atomic E-state index is 14.0. The highest BCUT2D eigenvalue weighted by Gasteiger charge is 2.64. The van der Waals surface area contributed by atoms with Crippen LogP contribution in [-0.2, 0) is 15.1 Å². The van der Waals surface area contributed by atoms with Crippen LogP contribution in [-0.4, -0.2) is 48.8 Å². The van der Waals surface area contributed by atoms with Crippen molar-refractivity contribution >= 4 is 5.91 Å². The summed E-state index contributed by atoms with van der Waals surface area (Å²) in [5.41, 5.74) is -3.69. The minimum Gasteiger partial charge on any atom is -0.356 e. The number of methoxy groups -OCH3 is 1. The first kappa shape index (κ1) is 18.7. The largest absolute Gasteiger partial charge is 0.430 e. The molecule has 1 amide bonds. The highest BCUT2D eigenvalue weighted by molar-refractivity contribution is 5.88. The molecule has 1 aliphatic heterocycles. The lowest BCUT2D eigenvalue weighted by Crippen LogP contribution is -2.66. The first-order valence-corrected chi connectivity index (χ1v) is 7.78. The molecule has 0 unspecified atom stereocenters. The highest BCUT2D eigenvalue weighted by Crippen LogP contribution is 2.43. The Morgan fingerprint density at radius 2 is 1.88 bits per heavy atom. The zero-order valence-electron chi connectivity index (χ0n) is 14.3. The summed E-state index contributed by atoms with van der Waals surface area (Å²) in [6, 6.07) is 6.95. The number of hydrogen-bond acceptors (Lipinski definition) is 3. The van der Waals surface area contributed by atoms with Crippen molar-refractivity contribution in [2.75, 3.05) is 20.2 Å². The van der Waals surface area contributed by atoms with Gasteiger partial charge in [0, 0.05) is 37.3 Å². The van der Waals surface area contributed by atoms with Gasteiger partial charge in [0.05, 0.1) is 0 Å². The molecule has 1 aromatic carbocycles. The van der Waals surface area contributed by atoms with Crippen LogP contribution in [0.3, 0.4) is 0 Å². The van der Waals surface area contributed by atoms with Gasteiger partial charge in [-0.05, 0) is 20.8 Å². The Balaban J connectivity index is 2.50. The van der Waals surface area contributed by atoms with Crippen molar-refractivity contribution in [2.45, 2.75) is 44.1 Å². The fourth-order valence-corrected chi connectivity index (χ4v) is 3.41. The van der Waals surface area contributed by atoms with Gasteiger partial charge in [-0.1, -0.05) is 30.3 Å². The standard InChI is InChI=1S/C17H23F3N2O2/c1-12-10-22(11-15(2,3)21-12)14(23)16(24-4,17(18,19)20)13-8-6-5-7-9-13/h5-9,12,21H,10-11H2,1-4H3/t12-,16-/m0/s1. The van der Waals surface area contributed by atoms with E-state index in [4.69, 9.17) is 4.74 Å². The second-order valence-corrected chi connectivity index (χ2v) is 6.86. The van der Waals surface area contributed by atoms with Gasteiger partial charge in [-0.3, -0.25) is 4.79 Å². The molecular weight excluding hydrogens is 321 g/mol. The molecule has 1 fully saturated rings. The third-order valence-electron chi connectivity index (χ3n) is 4.19. The summed E-state index contributed by atoms with van der Waals surface area (Å²) in [4.78, 5) is 14.2. The van der Waals surface area contributed by atoms with E-state index in [-0.39, 0.29) is 24.7 Å². The van der Waals surface area contributed by atoms with Gasteiger partial charge in [0.2, 0.25) is 0 Å². The Kier molecular flexibility index (Phi) is 4.97. The van der Waals surface area contributed by atoms with Gasteiger partial charge in [-0.15, -0.1) is 0 Å². The van der Waals surface area contributed by atoms with Gasteiger partial charge in [0.15, 0.2) is 0 Å². The molecule has 1 aromatic rings. The van der Waals surface area contributed by atoms with Crippen molar-refractivity contribution in [3.63, 3.8) is 0 Å². The second kappa shape index (κ2) is 6.37. The molecule has 0 aromatic heterocycles. The number of carbonyl (C=O) groups is 1. The molecule has 134 valence electrons. The molecule has 0 aliphatic carbocycles. The van der Waals surface area contributed by atoms with Crippen LogP contribution in [0.25, 0.3) is 0 Å². The minimum atomic E-state index is -4.88. The fourth-order valence-electron chi connectivity index (χ4n) is 3.41. The zero-order valence-corrected chi connectivity index (χ0v) is 14.3. The van der Waals surface area contributed by atoms with Crippen LogP contribution in [0.2, 0.25) is 0 Å². The number of carbonyl (C=O) groups excluding carboxylic acids is 1. The number of benzene rings is 1. The van der Waals surface area contributed by atoms with Crippen LogP contribution in [0, 0.1) is 0 Å². The first-order chi connectivity index (χ1) is 11.0. The van der Waals surface area contributed by atoms with Crippen LogP contribution in [0.5, 0.6) is 0 Å². The molecule has 0 bridgehead atoms. The van der Waals surface area contributed by atoms with Crippen LogP contribution in [0.1, 0.15) is 26.3 Å². The molecule has 7 heteroatoms. The van der Waals surface area contributed by atoms with E-state index in [1.807, 2.05) is 20.8 Å². The number of amides is 1. The number of rotatable bonds is 3. The summed E-state index contributed by atoms with van der Waals surface area (Å²) in [7, 11) is 0.926. The maximum atomic E-state index is 14.0. The Labute approximate surface area is 140 Å². The fraction of sp³-hybridized carbons (Fsp3) is 0.588. The monoisotopic (exact) mass is 344 g/mol. The molecular formula is C17H23F3N2O2. The highest BCUT2D eigenvalue weighted by atomic mass is 19.4. The van der Waals surface area contributed by atoms with E-state index in [9.17, 15) is 18.0 Å². The van der Waals surface area contributed by atoms with Crippen molar-refractivity contribution < 1.29 is 22.7 Å². The Bertz CT molecular complexity index is 589. The SMILES string of the molecule is CO[C@](C(=O)N1C[C@H](C)NC(C)(C)C1)(c1ccccc1)C(F)(F)F. The lowest BCUT2D eigenvalue weighted by molar-refractivity contribution is -0.271. The van der Waals surface area contributed by atoms with Gasteiger partial charge in [0.1, 0.15) is 0 Å². The van der Waals surface area contributed by atoms with Gasteiger partial charge >= 0.3 is 6.18 Å². The molecule has 0 spiro atoms. The molecule has 1 saturated heterocycles. The summed E-state index contributed by atoms with van der Waals surface area (Å²) < 4.78 is 46.8. The average Bonchev–Trinajstić information content (AvgIpc) is 2.46. The average molecular weight is 344 g/mol. The smallest absolute Gasteiger partial charge is 0.356 e. The topological polar surface area (TPSA) is 41.6 Å². The lowest BCUT2D eigenvalue weighted by Gasteiger charge is -2.46. The van der Waals surface area contributed by atoms with Crippen LogP contribution >= 0.6 is 0 Å². The molecule has 1 heterocycles. The molecule has 0 radical (unpaired) electrons. The zero-order chi connectivity index (χ0) is 18.2. The van der Waals surface area contributed by atoms with Crippen molar-refractivity contribution in [3.05, 3.63) is 35.9 Å². The number of alkyl halides is 3. The van der Waals surface area contributed by atoms with E-state index in [1.54, 1.807) is 6.07 Å². The molecule has 2 rings (SSSR count). The molecule has 4 nitrogen and oxygen atoms in total. The normalized spacial score (nSPS) is 23.6. The first-order valence-electron chi connectivity index (χ1n) is 7.78. The van der Waals surface area contributed by atoms with Crippen molar-refractivity contribution in [1.29, 1.82) is 0 Å². The number of piperazine rings is 1. The van der Waals surface area contributed by atoms with Gasteiger partial charge in [0.25, 0.3) is 11.5 Å². The van der Waals surface area contributed by atoms with E-state index >= 15 is 0 Å². The van der Waals surface area contributed by atoms with E-state index < -0.39 is 23.2 Å². The van der Waals surface area contributed by atoms with Crippen molar-refractivity contribution in [2.24, 2.45) is 0 Å². The van der Waals surface area contributed by atoms with E-state index in [1.165, 1.54) is 29.2 Å². The van der Waals surface area contributed by atoms with Gasteiger partial charge in [-0.2, -0.15) is 13.2 Å². The number of nitrogens with one attached hydrogen (secondary N) is 1. The minimum absolute atomic E-state index is 0.115. The summed E-state index contributed by atoms with van der Waals surface area (Å²) in [5.74, 6) is -1.08. The number of hydrogen-bond donors (Lipinski definition) is 1. The van der Waals surface area contributed by atoms with Crippen LogP contribution < -0.4 is 5.32 Å². The molecule has 24 heavy (non-hydrogen) atoms. The molecule has 1 N–H and O–H groups in total. The van der Waals surface area contributed by atoms with Gasteiger partial charge in [-0.25, -0.2) is 0 Å². The summed E-state index contributed by atoms with van der Waals surface area (Å²) in [6.07, 6.45) is -4.88. The number of nitrogens with zero attached hydrogens (tertiary/aromatic N) is 1. The summed E-state index contributed by atoms with van der Waals surface area (Å²) in [6.45, 7) is 5.91. The predicted octanol–water partition coefficient (Wildman–Crippen LogP) is 2.69. The molecule has 1 aliphatic rings. The van der Waals surface area contributed by atoms with Crippen LogP contribution in [0.15, 0.2) is 30.3 Å². The summed E-state index contributed by atoms with van der Waals surface area (Å²) >= 11 is 0. The second-order valence-electron chi connectivity index (χ2n) is 6.86. The predicted molar refractivity (Wildman–Crippen MR) is 84.4 cm³/mol. The quantitative estimate of drug-likeness (QED) is 0.917. The van der Waals surface area contributed by atoms with E-state index in [2.05, 4.69) is 5.32 Å².